The van der Waals surface area contributed by atoms with Crippen molar-refractivity contribution in [1.82, 2.24) is 0 Å². The minimum absolute atomic E-state index is 0.480. The first-order chi connectivity index (χ1) is 6.76. The third kappa shape index (κ3) is 2.14. The van der Waals surface area contributed by atoms with E-state index in [1.807, 2.05) is 0 Å². The first-order valence-electron chi connectivity index (χ1n) is 4.15. The molecule has 0 radical (unpaired) electrons. The molecule has 0 N–H and O–H groups in total. The highest BCUT2D eigenvalue weighted by Crippen LogP contribution is 2.20. The number of rotatable bonds is 2. The van der Waals surface area contributed by atoms with Crippen LogP contribution < -0.4 is 0 Å². The highest BCUT2D eigenvalue weighted by atomic mass is 32.2. The summed E-state index contributed by atoms with van der Waals surface area (Å²) >= 11 is 0. The molecule has 2 nitrogen and oxygen atoms in total. The van der Waals surface area contributed by atoms with Gasteiger partial charge < -0.3 is 0 Å². The third-order valence-electron chi connectivity index (χ3n) is 1.91. The molecule has 0 heterocycles. The lowest BCUT2D eigenvalue weighted by atomic mass is 10.3. The summed E-state index contributed by atoms with van der Waals surface area (Å²) in [5, 5.41) is -0.818. The zero-order valence-corrected chi connectivity index (χ0v) is 8.91. The van der Waals surface area contributed by atoms with E-state index in [4.69, 9.17) is 0 Å². The summed E-state index contributed by atoms with van der Waals surface area (Å²) in [4.78, 5) is -0.547. The normalized spacial score (nSPS) is 12.1. The average Bonchev–Trinajstić information content (AvgIpc) is 2.13. The molecule has 1 rings (SSSR count). The molecular weight excluding hydrogens is 229 g/mol. The van der Waals surface area contributed by atoms with Crippen molar-refractivity contribution in [1.29, 1.82) is 0 Å². The Morgan fingerprint density at radius 3 is 1.80 bits per heavy atom. The molecule has 0 saturated carbocycles. The summed E-state index contributed by atoms with van der Waals surface area (Å²) in [7, 11) is -3.79. The Balaban J connectivity index is 3.42. The van der Waals surface area contributed by atoms with Crippen LogP contribution in [0.5, 0.6) is 0 Å². The molecule has 0 unspecified atom stereocenters. The van der Waals surface area contributed by atoms with Crippen LogP contribution in [0.15, 0.2) is 17.0 Å². The van der Waals surface area contributed by atoms with Gasteiger partial charge in [0.05, 0.1) is 10.1 Å². The van der Waals surface area contributed by atoms with Gasteiger partial charge in [0.15, 0.2) is 27.3 Å². The van der Waals surface area contributed by atoms with E-state index in [0.29, 0.717) is 12.1 Å². The molecule has 15 heavy (non-hydrogen) atoms. The van der Waals surface area contributed by atoms with Gasteiger partial charge in [-0.3, -0.25) is 0 Å². The Kier molecular flexibility index (Phi) is 3.08. The Labute approximate surface area is 85.6 Å². The molecule has 0 saturated heterocycles. The molecule has 84 valence electrons. The van der Waals surface area contributed by atoms with Crippen molar-refractivity contribution in [2.45, 2.75) is 24.0 Å². The summed E-state index contributed by atoms with van der Waals surface area (Å²) in [6.45, 7) is 2.74. The van der Waals surface area contributed by atoms with E-state index in [0.717, 1.165) is 0 Å². The van der Waals surface area contributed by atoms with Gasteiger partial charge in [-0.05, 0) is 26.0 Å². The lowest BCUT2D eigenvalue weighted by Gasteiger charge is -2.08. The van der Waals surface area contributed by atoms with Gasteiger partial charge >= 0.3 is 0 Å². The molecule has 0 aliphatic heterocycles. The molecule has 0 spiro atoms. The number of sulfone groups is 1. The van der Waals surface area contributed by atoms with E-state index in [1.54, 1.807) is 0 Å². The van der Waals surface area contributed by atoms with Crippen molar-refractivity contribution in [3.8, 4) is 0 Å². The van der Waals surface area contributed by atoms with Crippen LogP contribution in [0.25, 0.3) is 0 Å². The molecule has 6 heteroatoms. The average molecular weight is 238 g/mol. The third-order valence-corrected chi connectivity index (χ3v) is 4.04. The minimum Gasteiger partial charge on any atom is -0.223 e. The van der Waals surface area contributed by atoms with Gasteiger partial charge in [-0.1, -0.05) is 0 Å². The van der Waals surface area contributed by atoms with Gasteiger partial charge in [0, 0.05) is 0 Å². The molecular formula is C9H9F3O2S. The molecule has 1 aromatic rings. The van der Waals surface area contributed by atoms with Crippen molar-refractivity contribution in [3.05, 3.63) is 29.6 Å². The highest BCUT2D eigenvalue weighted by Gasteiger charge is 2.22. The summed E-state index contributed by atoms with van der Waals surface area (Å²) in [6.07, 6.45) is 0. The lowest BCUT2D eigenvalue weighted by molar-refractivity contribution is 0.442. The van der Waals surface area contributed by atoms with Crippen LogP contribution in [0.3, 0.4) is 0 Å². The van der Waals surface area contributed by atoms with Gasteiger partial charge in [-0.25, -0.2) is 21.6 Å². The Morgan fingerprint density at radius 1 is 1.07 bits per heavy atom. The Hall–Kier alpha value is -1.04. The largest absolute Gasteiger partial charge is 0.223 e. The summed E-state index contributed by atoms with van der Waals surface area (Å²) in [5.41, 5.74) is 0. The van der Waals surface area contributed by atoms with Crippen LogP contribution >= 0.6 is 0 Å². The second kappa shape index (κ2) is 3.84. The molecule has 0 aliphatic rings. The highest BCUT2D eigenvalue weighted by molar-refractivity contribution is 7.92. The molecule has 0 aliphatic carbocycles. The van der Waals surface area contributed by atoms with E-state index in [9.17, 15) is 21.6 Å². The number of hydrogen-bond acceptors (Lipinski definition) is 2. The summed E-state index contributed by atoms with van der Waals surface area (Å²) in [5.74, 6) is -4.68. The fraction of sp³-hybridized carbons (Fsp3) is 0.333. The van der Waals surface area contributed by atoms with Gasteiger partial charge in [0.2, 0.25) is 0 Å². The monoisotopic (exact) mass is 238 g/mol. The van der Waals surface area contributed by atoms with Crippen molar-refractivity contribution >= 4 is 9.84 Å². The number of benzene rings is 1. The standard InChI is InChI=1S/C9H9F3O2S/c1-5(2)15(13,14)6-3-7(10)9(12)8(11)4-6/h3-5H,1-2H3. The van der Waals surface area contributed by atoms with Crippen molar-refractivity contribution < 1.29 is 21.6 Å². The zero-order chi connectivity index (χ0) is 11.8. The van der Waals surface area contributed by atoms with Gasteiger partial charge in [-0.2, -0.15) is 0 Å². The summed E-state index contributed by atoms with van der Waals surface area (Å²) < 4.78 is 61.0. The lowest BCUT2D eigenvalue weighted by Crippen LogP contribution is -2.15. The molecule has 0 amide bonds. The van der Waals surface area contributed by atoms with Gasteiger partial charge in [-0.15, -0.1) is 0 Å². The van der Waals surface area contributed by atoms with E-state index in [2.05, 4.69) is 0 Å². The van der Waals surface area contributed by atoms with Crippen molar-refractivity contribution in [3.63, 3.8) is 0 Å². The second-order valence-corrected chi connectivity index (χ2v) is 5.80. The maximum absolute atomic E-state index is 12.8. The smallest absolute Gasteiger partial charge is 0.194 e. The van der Waals surface area contributed by atoms with E-state index in [-0.39, 0.29) is 0 Å². The fourth-order valence-corrected chi connectivity index (χ4v) is 2.05. The van der Waals surface area contributed by atoms with Crippen LogP contribution in [-0.2, 0) is 9.84 Å². The van der Waals surface area contributed by atoms with Crippen molar-refractivity contribution in [2.75, 3.05) is 0 Å². The molecule has 1 aromatic carbocycles. The maximum atomic E-state index is 12.8. The zero-order valence-electron chi connectivity index (χ0n) is 8.09. The van der Waals surface area contributed by atoms with Gasteiger partial charge in [0.1, 0.15) is 0 Å². The molecule has 0 fully saturated rings. The van der Waals surface area contributed by atoms with E-state index < -0.39 is 37.4 Å². The first kappa shape index (κ1) is 12.0. The van der Waals surface area contributed by atoms with Crippen LogP contribution in [0, 0.1) is 17.5 Å². The Bertz CT molecular complexity index is 457. The van der Waals surface area contributed by atoms with Gasteiger partial charge in [0.25, 0.3) is 0 Å². The number of halogens is 3. The quantitative estimate of drug-likeness (QED) is 0.585. The molecule has 0 atom stereocenters. The fourth-order valence-electron chi connectivity index (χ4n) is 0.969. The first-order valence-corrected chi connectivity index (χ1v) is 5.70. The predicted molar refractivity (Wildman–Crippen MR) is 48.6 cm³/mol. The molecule has 0 bridgehead atoms. The van der Waals surface area contributed by atoms with Crippen molar-refractivity contribution in [2.24, 2.45) is 0 Å². The van der Waals surface area contributed by atoms with Crippen LogP contribution in [0.2, 0.25) is 0 Å². The predicted octanol–water partition coefficient (Wildman–Crippen LogP) is 2.29. The topological polar surface area (TPSA) is 34.1 Å². The van der Waals surface area contributed by atoms with Crippen LogP contribution in [-0.4, -0.2) is 13.7 Å². The van der Waals surface area contributed by atoms with Crippen LogP contribution in [0.1, 0.15) is 13.8 Å². The van der Waals surface area contributed by atoms with Crippen LogP contribution in [0.4, 0.5) is 13.2 Å². The Morgan fingerprint density at radius 2 is 1.47 bits per heavy atom. The SMILES string of the molecule is CC(C)S(=O)(=O)c1cc(F)c(F)c(F)c1. The summed E-state index contributed by atoms with van der Waals surface area (Å²) in [6, 6.07) is 0.960. The van der Waals surface area contributed by atoms with E-state index in [1.165, 1.54) is 13.8 Å². The maximum Gasteiger partial charge on any atom is 0.194 e. The second-order valence-electron chi connectivity index (χ2n) is 3.29. The number of hydrogen-bond donors (Lipinski definition) is 0. The molecule has 0 aromatic heterocycles. The minimum atomic E-state index is -3.79. The van der Waals surface area contributed by atoms with E-state index >= 15 is 0 Å².